The topological polar surface area (TPSA) is 26.0 Å². The van der Waals surface area contributed by atoms with Crippen LogP contribution in [0.3, 0.4) is 0 Å². The third kappa shape index (κ3) is 1.73. The van der Waals surface area contributed by atoms with Crippen LogP contribution in [0.5, 0.6) is 0 Å². The summed E-state index contributed by atoms with van der Waals surface area (Å²) in [5.41, 5.74) is 3.17. The van der Waals surface area contributed by atoms with Crippen LogP contribution in [0.2, 0.25) is 0 Å². The zero-order valence-electron chi connectivity index (χ0n) is 8.04. The van der Waals surface area contributed by atoms with E-state index in [1.54, 1.807) is 0 Å². The highest BCUT2D eigenvalue weighted by molar-refractivity contribution is 9.10. The maximum atomic E-state index is 5.03. The van der Waals surface area contributed by atoms with E-state index in [1.807, 2.05) is 25.1 Å². The average Bonchev–Trinajstić information content (AvgIpc) is 2.57. The largest absolute Gasteiger partial charge is 0.361 e. The Labute approximate surface area is 91.1 Å². The molecule has 14 heavy (non-hydrogen) atoms. The van der Waals surface area contributed by atoms with Gasteiger partial charge in [0.15, 0.2) is 0 Å². The highest BCUT2D eigenvalue weighted by atomic mass is 79.9. The number of rotatable bonds is 1. The van der Waals surface area contributed by atoms with Crippen LogP contribution in [-0.2, 0) is 0 Å². The first-order valence-electron chi connectivity index (χ1n) is 4.36. The summed E-state index contributed by atoms with van der Waals surface area (Å²) < 4.78 is 6.14. The fraction of sp³-hybridized carbons (Fsp3) is 0.182. The highest BCUT2D eigenvalue weighted by Crippen LogP contribution is 2.24. The van der Waals surface area contributed by atoms with E-state index in [-0.39, 0.29) is 0 Å². The first-order chi connectivity index (χ1) is 6.66. The number of hydrogen-bond acceptors (Lipinski definition) is 2. The number of halogens is 1. The van der Waals surface area contributed by atoms with E-state index in [0.29, 0.717) is 0 Å². The third-order valence-corrected chi connectivity index (χ3v) is 2.97. The van der Waals surface area contributed by atoms with E-state index < -0.39 is 0 Å². The molecule has 0 amide bonds. The van der Waals surface area contributed by atoms with E-state index in [2.05, 4.69) is 34.1 Å². The quantitative estimate of drug-likeness (QED) is 0.773. The number of hydrogen-bond donors (Lipinski definition) is 0. The Morgan fingerprint density at radius 3 is 2.57 bits per heavy atom. The van der Waals surface area contributed by atoms with Gasteiger partial charge in [-0.1, -0.05) is 27.2 Å². The van der Waals surface area contributed by atoms with E-state index in [0.717, 1.165) is 21.5 Å². The van der Waals surface area contributed by atoms with Gasteiger partial charge in [0.25, 0.3) is 0 Å². The molecule has 0 fully saturated rings. The number of aromatic nitrogens is 1. The molecule has 0 aliphatic carbocycles. The molecule has 0 N–H and O–H groups in total. The molecule has 0 saturated carbocycles. The molecule has 0 unspecified atom stereocenters. The van der Waals surface area contributed by atoms with Gasteiger partial charge in [-0.15, -0.1) is 0 Å². The molecule has 0 aliphatic rings. The predicted octanol–water partition coefficient (Wildman–Crippen LogP) is 3.72. The molecule has 0 spiro atoms. The Bertz CT molecular complexity index is 462. The van der Waals surface area contributed by atoms with Crippen molar-refractivity contribution in [3.05, 3.63) is 40.1 Å². The molecule has 3 heteroatoms. The van der Waals surface area contributed by atoms with E-state index in [1.165, 1.54) is 5.56 Å². The van der Waals surface area contributed by atoms with E-state index in [4.69, 9.17) is 4.52 Å². The van der Waals surface area contributed by atoms with Gasteiger partial charge in [0.2, 0.25) is 0 Å². The normalized spacial score (nSPS) is 10.5. The van der Waals surface area contributed by atoms with Crippen LogP contribution in [0.25, 0.3) is 11.3 Å². The van der Waals surface area contributed by atoms with Crippen molar-refractivity contribution in [3.8, 4) is 11.3 Å². The molecule has 0 atom stereocenters. The Kier molecular flexibility index (Phi) is 2.42. The third-order valence-electron chi connectivity index (χ3n) is 2.08. The van der Waals surface area contributed by atoms with Crippen LogP contribution in [-0.4, -0.2) is 5.16 Å². The van der Waals surface area contributed by atoms with Gasteiger partial charge >= 0.3 is 0 Å². The van der Waals surface area contributed by atoms with E-state index >= 15 is 0 Å². The Morgan fingerprint density at radius 1 is 1.21 bits per heavy atom. The lowest BCUT2D eigenvalue weighted by Crippen LogP contribution is -1.80. The lowest BCUT2D eigenvalue weighted by atomic mass is 10.1. The first kappa shape index (κ1) is 9.46. The number of benzene rings is 1. The van der Waals surface area contributed by atoms with Crippen molar-refractivity contribution in [2.45, 2.75) is 13.8 Å². The van der Waals surface area contributed by atoms with Crippen LogP contribution >= 0.6 is 15.9 Å². The second kappa shape index (κ2) is 3.58. The minimum atomic E-state index is 0.834. The Morgan fingerprint density at radius 2 is 2.00 bits per heavy atom. The maximum Gasteiger partial charge on any atom is 0.134 e. The smallest absolute Gasteiger partial charge is 0.134 e. The van der Waals surface area contributed by atoms with Gasteiger partial charge in [-0.2, -0.15) is 0 Å². The van der Waals surface area contributed by atoms with Gasteiger partial charge in [-0.25, -0.2) is 0 Å². The van der Waals surface area contributed by atoms with Gasteiger partial charge in [-0.05, 0) is 31.5 Å². The molecule has 2 rings (SSSR count). The van der Waals surface area contributed by atoms with E-state index in [9.17, 15) is 0 Å². The van der Waals surface area contributed by atoms with Gasteiger partial charge < -0.3 is 4.52 Å². The summed E-state index contributed by atoms with van der Waals surface area (Å²) >= 11 is 3.46. The summed E-state index contributed by atoms with van der Waals surface area (Å²) in [4.78, 5) is 0. The fourth-order valence-electron chi connectivity index (χ4n) is 1.31. The molecule has 1 aromatic carbocycles. The second-order valence-electron chi connectivity index (χ2n) is 3.29. The van der Waals surface area contributed by atoms with Crippen molar-refractivity contribution in [1.82, 2.24) is 5.16 Å². The van der Waals surface area contributed by atoms with Crippen molar-refractivity contribution in [2.24, 2.45) is 0 Å². The minimum Gasteiger partial charge on any atom is -0.361 e. The summed E-state index contributed by atoms with van der Waals surface area (Å²) in [5, 5.41) is 3.97. The average molecular weight is 252 g/mol. The Balaban J connectivity index is 2.47. The first-order valence-corrected chi connectivity index (χ1v) is 5.16. The lowest BCUT2D eigenvalue weighted by Gasteiger charge is -1.99. The maximum absolute atomic E-state index is 5.03. The van der Waals surface area contributed by atoms with Crippen molar-refractivity contribution in [1.29, 1.82) is 0 Å². The van der Waals surface area contributed by atoms with Gasteiger partial charge in [0.05, 0.1) is 0 Å². The number of aryl methyl sites for hydroxylation is 2. The molecule has 0 bridgehead atoms. The summed E-state index contributed by atoms with van der Waals surface area (Å²) in [6.07, 6.45) is 0. The van der Waals surface area contributed by atoms with Crippen molar-refractivity contribution < 1.29 is 4.52 Å². The molecule has 2 aromatic rings. The second-order valence-corrected chi connectivity index (χ2v) is 4.14. The Hall–Kier alpha value is -1.09. The molecular weight excluding hydrogens is 242 g/mol. The zero-order chi connectivity index (χ0) is 10.1. The summed E-state index contributed by atoms with van der Waals surface area (Å²) in [6, 6.07) is 8.06. The summed E-state index contributed by atoms with van der Waals surface area (Å²) in [6.45, 7) is 3.95. The molecular formula is C11H10BrNO. The minimum absolute atomic E-state index is 0.834. The van der Waals surface area contributed by atoms with Crippen molar-refractivity contribution in [2.75, 3.05) is 0 Å². The number of nitrogens with zero attached hydrogens (tertiary/aromatic N) is 1. The molecule has 2 nitrogen and oxygen atoms in total. The van der Waals surface area contributed by atoms with Gasteiger partial charge in [-0.3, -0.25) is 0 Å². The van der Waals surface area contributed by atoms with Crippen molar-refractivity contribution in [3.63, 3.8) is 0 Å². The molecule has 1 heterocycles. The zero-order valence-corrected chi connectivity index (χ0v) is 9.63. The molecule has 72 valence electrons. The SMILES string of the molecule is Cc1cc(-c2ccc(Br)c(C)c2)no1. The molecule has 0 aliphatic heterocycles. The van der Waals surface area contributed by atoms with Crippen molar-refractivity contribution >= 4 is 15.9 Å². The fourth-order valence-corrected chi connectivity index (χ4v) is 1.55. The lowest BCUT2D eigenvalue weighted by molar-refractivity contribution is 0.399. The monoisotopic (exact) mass is 251 g/mol. The molecule has 0 saturated heterocycles. The summed E-state index contributed by atoms with van der Waals surface area (Å²) in [5.74, 6) is 0.834. The van der Waals surface area contributed by atoms with Crippen LogP contribution in [0, 0.1) is 13.8 Å². The molecule has 0 radical (unpaired) electrons. The van der Waals surface area contributed by atoms with Crippen LogP contribution in [0.1, 0.15) is 11.3 Å². The van der Waals surface area contributed by atoms with Crippen LogP contribution in [0.15, 0.2) is 33.3 Å². The molecule has 1 aromatic heterocycles. The predicted molar refractivity (Wildman–Crippen MR) is 59.1 cm³/mol. The summed E-state index contributed by atoms with van der Waals surface area (Å²) in [7, 11) is 0. The van der Waals surface area contributed by atoms with Gasteiger partial charge in [0, 0.05) is 16.1 Å². The van der Waals surface area contributed by atoms with Crippen LogP contribution in [0.4, 0.5) is 0 Å². The standard InChI is InChI=1S/C11H10BrNO/c1-7-5-9(3-4-10(7)12)11-6-8(2)14-13-11/h3-6H,1-2H3. The van der Waals surface area contributed by atoms with Crippen LogP contribution < -0.4 is 0 Å². The highest BCUT2D eigenvalue weighted by Gasteiger charge is 2.04. The van der Waals surface area contributed by atoms with Gasteiger partial charge in [0.1, 0.15) is 11.5 Å².